The molecular formula is C13H22ClN3O2S. The van der Waals surface area contributed by atoms with E-state index in [9.17, 15) is 8.42 Å². The molecule has 1 fully saturated rings. The van der Waals surface area contributed by atoms with E-state index in [-0.39, 0.29) is 10.2 Å². The average molecular weight is 320 g/mol. The second-order valence-corrected chi connectivity index (χ2v) is 7.55. The van der Waals surface area contributed by atoms with E-state index >= 15 is 0 Å². The van der Waals surface area contributed by atoms with E-state index in [0.717, 1.165) is 12.8 Å². The predicted octanol–water partition coefficient (Wildman–Crippen LogP) is 2.71. The smallest absolute Gasteiger partial charge is 0.261 e. The van der Waals surface area contributed by atoms with Crippen molar-refractivity contribution in [2.45, 2.75) is 50.0 Å². The van der Waals surface area contributed by atoms with Gasteiger partial charge in [-0.15, -0.1) is 0 Å². The second kappa shape index (κ2) is 6.91. The summed E-state index contributed by atoms with van der Waals surface area (Å²) in [7, 11) is -1.93. The highest BCUT2D eigenvalue weighted by Crippen LogP contribution is 2.23. The largest absolute Gasteiger partial charge is 0.324 e. The van der Waals surface area contributed by atoms with Crippen molar-refractivity contribution in [1.29, 1.82) is 0 Å². The summed E-state index contributed by atoms with van der Waals surface area (Å²) < 4.78 is 28.5. The molecule has 0 saturated heterocycles. The predicted molar refractivity (Wildman–Crippen MR) is 79.2 cm³/mol. The molecule has 20 heavy (non-hydrogen) atoms. The molecule has 1 aliphatic carbocycles. The van der Waals surface area contributed by atoms with Crippen LogP contribution in [0, 0.1) is 5.92 Å². The van der Waals surface area contributed by atoms with Gasteiger partial charge < -0.3 is 4.57 Å². The lowest BCUT2D eigenvalue weighted by Crippen LogP contribution is -2.30. The van der Waals surface area contributed by atoms with E-state index < -0.39 is 10.0 Å². The lowest BCUT2D eigenvalue weighted by Gasteiger charge is -2.19. The SMILES string of the molecule is Cn1cnc(S(=O)(=O)NCC2CCCCCCC2)c1Cl. The summed E-state index contributed by atoms with van der Waals surface area (Å²) in [5, 5.41) is 0.0719. The number of sulfonamides is 1. The molecule has 1 aliphatic rings. The molecule has 1 N–H and O–H groups in total. The molecule has 2 rings (SSSR count). The van der Waals surface area contributed by atoms with Crippen LogP contribution in [-0.2, 0) is 17.1 Å². The van der Waals surface area contributed by atoms with Crippen molar-refractivity contribution >= 4 is 21.6 Å². The highest BCUT2D eigenvalue weighted by molar-refractivity contribution is 7.89. The number of rotatable bonds is 4. The van der Waals surface area contributed by atoms with Crippen molar-refractivity contribution in [3.63, 3.8) is 0 Å². The van der Waals surface area contributed by atoms with Crippen LogP contribution in [-0.4, -0.2) is 24.5 Å². The zero-order chi connectivity index (χ0) is 14.6. The minimum absolute atomic E-state index is 0.0764. The fourth-order valence-electron chi connectivity index (χ4n) is 2.61. The van der Waals surface area contributed by atoms with E-state index in [1.54, 1.807) is 7.05 Å². The number of nitrogens with one attached hydrogen (secondary N) is 1. The van der Waals surface area contributed by atoms with Gasteiger partial charge in [-0.1, -0.05) is 43.7 Å². The maximum Gasteiger partial charge on any atom is 0.261 e. The lowest BCUT2D eigenvalue weighted by molar-refractivity contribution is 0.376. The minimum atomic E-state index is -3.60. The van der Waals surface area contributed by atoms with Gasteiger partial charge in [0.1, 0.15) is 5.15 Å². The van der Waals surface area contributed by atoms with Crippen LogP contribution in [0.2, 0.25) is 5.15 Å². The fourth-order valence-corrected chi connectivity index (χ4v) is 4.16. The molecule has 0 aromatic carbocycles. The Kier molecular flexibility index (Phi) is 5.46. The van der Waals surface area contributed by atoms with Crippen LogP contribution in [0.5, 0.6) is 0 Å². The molecule has 0 spiro atoms. The molecule has 1 saturated carbocycles. The first-order chi connectivity index (χ1) is 9.50. The van der Waals surface area contributed by atoms with E-state index in [1.807, 2.05) is 0 Å². The highest BCUT2D eigenvalue weighted by atomic mass is 35.5. The minimum Gasteiger partial charge on any atom is -0.324 e. The molecule has 0 unspecified atom stereocenters. The van der Waals surface area contributed by atoms with E-state index in [0.29, 0.717) is 12.5 Å². The maximum absolute atomic E-state index is 12.2. The monoisotopic (exact) mass is 319 g/mol. The molecule has 0 radical (unpaired) electrons. The Morgan fingerprint density at radius 1 is 1.30 bits per heavy atom. The summed E-state index contributed by atoms with van der Waals surface area (Å²) in [5.74, 6) is 0.424. The number of imidazole rings is 1. The molecular weight excluding hydrogens is 298 g/mol. The van der Waals surface area contributed by atoms with Crippen LogP contribution in [0.25, 0.3) is 0 Å². The van der Waals surface area contributed by atoms with Gasteiger partial charge in [-0.05, 0) is 18.8 Å². The van der Waals surface area contributed by atoms with Crippen molar-refractivity contribution in [2.75, 3.05) is 6.54 Å². The van der Waals surface area contributed by atoms with Gasteiger partial charge in [0.15, 0.2) is 0 Å². The lowest BCUT2D eigenvalue weighted by atomic mass is 9.91. The van der Waals surface area contributed by atoms with Crippen molar-refractivity contribution in [3.8, 4) is 0 Å². The van der Waals surface area contributed by atoms with Gasteiger partial charge in [0, 0.05) is 13.6 Å². The van der Waals surface area contributed by atoms with Crippen molar-refractivity contribution in [3.05, 3.63) is 11.5 Å². The number of halogens is 1. The average Bonchev–Trinajstić information content (AvgIpc) is 2.69. The molecule has 1 heterocycles. The Hall–Kier alpha value is -0.590. The quantitative estimate of drug-likeness (QED) is 0.928. The third-order valence-electron chi connectivity index (χ3n) is 3.88. The Morgan fingerprint density at radius 3 is 2.45 bits per heavy atom. The van der Waals surface area contributed by atoms with E-state index in [1.165, 1.54) is 43.0 Å². The molecule has 7 heteroatoms. The normalized spacial score (nSPS) is 18.7. The summed E-state index contributed by atoms with van der Waals surface area (Å²) >= 11 is 5.94. The molecule has 5 nitrogen and oxygen atoms in total. The molecule has 1 aromatic heterocycles. The van der Waals surface area contributed by atoms with Gasteiger partial charge in [-0.2, -0.15) is 0 Å². The third-order valence-corrected chi connectivity index (χ3v) is 5.79. The number of hydrogen-bond acceptors (Lipinski definition) is 3. The summed E-state index contributed by atoms with van der Waals surface area (Å²) in [6.45, 7) is 0.481. The molecule has 0 amide bonds. The number of aryl methyl sites for hydroxylation is 1. The first kappa shape index (κ1) is 15.8. The molecule has 0 atom stereocenters. The van der Waals surface area contributed by atoms with Gasteiger partial charge in [0.05, 0.1) is 6.33 Å². The molecule has 114 valence electrons. The summed E-state index contributed by atoms with van der Waals surface area (Å²) in [5.41, 5.74) is 0. The molecule has 1 aromatic rings. The van der Waals surface area contributed by atoms with Gasteiger partial charge in [0.25, 0.3) is 10.0 Å². The summed E-state index contributed by atoms with van der Waals surface area (Å²) in [6.07, 6.45) is 9.81. The molecule has 0 bridgehead atoms. The second-order valence-electron chi connectivity index (χ2n) is 5.51. The summed E-state index contributed by atoms with van der Waals surface area (Å²) in [6, 6.07) is 0. The number of nitrogens with zero attached hydrogens (tertiary/aromatic N) is 2. The van der Waals surface area contributed by atoms with Crippen molar-refractivity contribution in [2.24, 2.45) is 13.0 Å². The zero-order valence-electron chi connectivity index (χ0n) is 11.8. The summed E-state index contributed by atoms with van der Waals surface area (Å²) in [4.78, 5) is 3.86. The topological polar surface area (TPSA) is 64.0 Å². The van der Waals surface area contributed by atoms with Crippen LogP contribution in [0.1, 0.15) is 44.9 Å². The number of aromatic nitrogens is 2. The van der Waals surface area contributed by atoms with Crippen molar-refractivity contribution < 1.29 is 8.42 Å². The van der Waals surface area contributed by atoms with Crippen LogP contribution in [0.15, 0.2) is 11.4 Å². The first-order valence-electron chi connectivity index (χ1n) is 7.17. The highest BCUT2D eigenvalue weighted by Gasteiger charge is 2.23. The Morgan fingerprint density at radius 2 is 1.90 bits per heavy atom. The van der Waals surface area contributed by atoms with E-state index in [4.69, 9.17) is 11.6 Å². The van der Waals surface area contributed by atoms with Crippen LogP contribution in [0.4, 0.5) is 0 Å². The Bertz CT molecular complexity index is 534. The fraction of sp³-hybridized carbons (Fsp3) is 0.769. The van der Waals surface area contributed by atoms with Crippen molar-refractivity contribution in [1.82, 2.24) is 14.3 Å². The Balaban J connectivity index is 1.96. The Labute approximate surface area is 125 Å². The van der Waals surface area contributed by atoms with Gasteiger partial charge in [-0.25, -0.2) is 18.1 Å². The molecule has 0 aliphatic heterocycles. The first-order valence-corrected chi connectivity index (χ1v) is 9.03. The van der Waals surface area contributed by atoms with E-state index in [2.05, 4.69) is 9.71 Å². The third kappa shape index (κ3) is 3.96. The van der Waals surface area contributed by atoms with Crippen LogP contribution >= 0.6 is 11.6 Å². The van der Waals surface area contributed by atoms with Gasteiger partial charge in [0.2, 0.25) is 5.03 Å². The maximum atomic E-state index is 12.2. The van der Waals surface area contributed by atoms with Gasteiger partial charge in [-0.3, -0.25) is 0 Å². The standard InChI is InChI=1S/C13H22ClN3O2S/c1-17-10-15-13(12(17)14)20(18,19)16-9-11-7-5-3-2-4-6-8-11/h10-11,16H,2-9H2,1H3. The zero-order valence-corrected chi connectivity index (χ0v) is 13.4. The van der Waals surface area contributed by atoms with Gasteiger partial charge >= 0.3 is 0 Å². The van der Waals surface area contributed by atoms with Crippen LogP contribution < -0.4 is 4.72 Å². The number of hydrogen-bond donors (Lipinski definition) is 1. The van der Waals surface area contributed by atoms with Crippen LogP contribution in [0.3, 0.4) is 0 Å².